The summed E-state index contributed by atoms with van der Waals surface area (Å²) in [6.45, 7) is 12.2. The van der Waals surface area contributed by atoms with E-state index in [1.165, 1.54) is 4.88 Å². The van der Waals surface area contributed by atoms with Crippen molar-refractivity contribution in [3.05, 3.63) is 70.0 Å². The Morgan fingerprint density at radius 1 is 1.26 bits per heavy atom. The van der Waals surface area contributed by atoms with Crippen molar-refractivity contribution < 1.29 is 13.9 Å². The summed E-state index contributed by atoms with van der Waals surface area (Å²) in [6, 6.07) is 11.6. The number of amides is 1. The van der Waals surface area contributed by atoms with Crippen LogP contribution in [-0.4, -0.2) is 18.7 Å². The third kappa shape index (κ3) is 6.43. The smallest absolute Gasteiger partial charge is 0.255 e. The van der Waals surface area contributed by atoms with Gasteiger partial charge in [-0.2, -0.15) is 0 Å². The van der Waals surface area contributed by atoms with E-state index in [0.717, 1.165) is 52.5 Å². The molecule has 1 N–H and O–H groups in total. The number of nitrogens with one attached hydrogen (secondary N) is 1. The van der Waals surface area contributed by atoms with E-state index in [-0.39, 0.29) is 11.3 Å². The van der Waals surface area contributed by atoms with Gasteiger partial charge in [-0.05, 0) is 84.0 Å². The summed E-state index contributed by atoms with van der Waals surface area (Å²) in [6.07, 6.45) is 6.46. The second-order valence-corrected chi connectivity index (χ2v) is 11.9. The van der Waals surface area contributed by atoms with Gasteiger partial charge in [0, 0.05) is 11.1 Å². The summed E-state index contributed by atoms with van der Waals surface area (Å²) in [7, 11) is 0. The Bertz CT molecular complexity index is 1150. The third-order valence-electron chi connectivity index (χ3n) is 6.50. The van der Waals surface area contributed by atoms with Gasteiger partial charge < -0.3 is 14.5 Å². The maximum atomic E-state index is 13.3. The van der Waals surface area contributed by atoms with Crippen molar-refractivity contribution in [3.63, 3.8) is 0 Å². The summed E-state index contributed by atoms with van der Waals surface area (Å²) < 4.78 is 11.2. The predicted octanol–water partition coefficient (Wildman–Crippen LogP) is 7.21. The zero-order chi connectivity index (χ0) is 25.0. The van der Waals surface area contributed by atoms with Crippen molar-refractivity contribution in [2.45, 2.75) is 60.4 Å². The third-order valence-corrected chi connectivity index (χ3v) is 7.66. The van der Waals surface area contributed by atoms with Crippen LogP contribution in [0.4, 0.5) is 5.00 Å². The van der Waals surface area contributed by atoms with Gasteiger partial charge in [0.2, 0.25) is 0 Å². The van der Waals surface area contributed by atoms with E-state index in [4.69, 9.17) is 14.1 Å². The monoisotopic (exact) mass is 492 g/mol. The van der Waals surface area contributed by atoms with Gasteiger partial charge in [-0.15, -0.1) is 11.3 Å². The highest BCUT2D eigenvalue weighted by Crippen LogP contribution is 2.45. The fraction of sp³-hybridized carbons (Fsp3) is 0.448. The van der Waals surface area contributed by atoms with Gasteiger partial charge in [0.25, 0.3) is 5.91 Å². The summed E-state index contributed by atoms with van der Waals surface area (Å²) in [5.74, 6) is 2.59. The van der Waals surface area contributed by atoms with Crippen LogP contribution >= 0.6 is 11.3 Å². The molecule has 0 saturated heterocycles. The van der Waals surface area contributed by atoms with Crippen molar-refractivity contribution in [2.75, 3.05) is 6.61 Å². The summed E-state index contributed by atoms with van der Waals surface area (Å²) in [4.78, 5) is 19.4. The summed E-state index contributed by atoms with van der Waals surface area (Å²) >= 11 is 1.66. The molecule has 5 nitrogen and oxygen atoms in total. The van der Waals surface area contributed by atoms with Crippen molar-refractivity contribution in [1.82, 2.24) is 5.32 Å². The van der Waals surface area contributed by atoms with Gasteiger partial charge in [0.15, 0.2) is 0 Å². The average Bonchev–Trinajstić information content (AvgIpc) is 3.47. The number of nitrogens with zero attached hydrogens (tertiary/aromatic N) is 1. The molecule has 186 valence electrons. The highest BCUT2D eigenvalue weighted by molar-refractivity contribution is 7.16. The first-order chi connectivity index (χ1) is 16.7. The molecule has 0 radical (unpaired) electrons. The number of carbonyl (C=O) groups is 1. The van der Waals surface area contributed by atoms with E-state index in [2.05, 4.69) is 39.9 Å². The molecule has 4 rings (SSSR count). The van der Waals surface area contributed by atoms with Crippen LogP contribution in [0.2, 0.25) is 0 Å². The molecule has 0 spiro atoms. The van der Waals surface area contributed by atoms with Crippen LogP contribution in [0.1, 0.15) is 73.2 Å². The fourth-order valence-electron chi connectivity index (χ4n) is 4.35. The van der Waals surface area contributed by atoms with Crippen molar-refractivity contribution >= 4 is 28.5 Å². The Kier molecular flexibility index (Phi) is 7.80. The van der Waals surface area contributed by atoms with Gasteiger partial charge in [-0.3, -0.25) is 4.79 Å². The Morgan fingerprint density at radius 3 is 2.69 bits per heavy atom. The second-order valence-electron chi connectivity index (χ2n) is 10.8. The van der Waals surface area contributed by atoms with Crippen LogP contribution < -0.4 is 10.1 Å². The van der Waals surface area contributed by atoms with Gasteiger partial charge in [0.1, 0.15) is 16.5 Å². The van der Waals surface area contributed by atoms with E-state index < -0.39 is 0 Å². The molecule has 0 bridgehead atoms. The van der Waals surface area contributed by atoms with Gasteiger partial charge in [-0.25, -0.2) is 4.99 Å². The number of carbonyl (C=O) groups excluding carboxylic acids is 1. The molecule has 1 amide bonds. The standard InChI is InChI=1S/C29H36N2O3S/c1-19(2)18-34-22-11-8-20(9-12-22)16-31-28-26(27(32)30-17-23-7-6-14-33-23)24-13-10-21(29(3,4)5)15-25(24)35-28/h6-9,11-12,14,16,19,21H,10,13,15,17-18H2,1-5H3,(H,30,32)/t21-/m1/s1. The number of fused-ring (bicyclic) bond motifs is 1. The molecule has 0 fully saturated rings. The lowest BCUT2D eigenvalue weighted by atomic mass is 9.72. The molecule has 0 unspecified atom stereocenters. The molecular formula is C29H36N2O3S. The quantitative estimate of drug-likeness (QED) is 0.338. The zero-order valence-electron chi connectivity index (χ0n) is 21.4. The van der Waals surface area contributed by atoms with Crippen LogP contribution in [0.5, 0.6) is 5.75 Å². The van der Waals surface area contributed by atoms with E-state index in [0.29, 0.717) is 25.0 Å². The SMILES string of the molecule is CC(C)COc1ccc(C=Nc2sc3c(c2C(=O)NCc2ccco2)CC[C@@H](C(C)(C)C)C3)cc1. The minimum atomic E-state index is -0.0855. The topological polar surface area (TPSA) is 63.8 Å². The first kappa shape index (κ1) is 25.2. The molecule has 1 atom stereocenters. The average molecular weight is 493 g/mol. The molecule has 2 aromatic heterocycles. The van der Waals surface area contributed by atoms with Crippen molar-refractivity contribution in [1.29, 1.82) is 0 Å². The number of aliphatic imine (C=N–C) groups is 1. The van der Waals surface area contributed by atoms with E-state index in [1.807, 2.05) is 42.6 Å². The maximum Gasteiger partial charge on any atom is 0.255 e. The lowest BCUT2D eigenvalue weighted by molar-refractivity contribution is 0.0947. The molecule has 35 heavy (non-hydrogen) atoms. The van der Waals surface area contributed by atoms with Crippen LogP contribution in [0.15, 0.2) is 52.1 Å². The number of rotatable bonds is 8. The van der Waals surface area contributed by atoms with Crippen molar-refractivity contribution in [2.24, 2.45) is 22.2 Å². The Morgan fingerprint density at radius 2 is 2.03 bits per heavy atom. The first-order valence-corrected chi connectivity index (χ1v) is 13.2. The Balaban J connectivity index is 1.57. The van der Waals surface area contributed by atoms with Gasteiger partial charge in [-0.1, -0.05) is 34.6 Å². The van der Waals surface area contributed by atoms with Crippen LogP contribution in [0.3, 0.4) is 0 Å². The highest BCUT2D eigenvalue weighted by Gasteiger charge is 2.33. The molecular weight excluding hydrogens is 456 g/mol. The number of thiophene rings is 1. The van der Waals surface area contributed by atoms with Crippen LogP contribution in [0.25, 0.3) is 0 Å². The molecule has 6 heteroatoms. The zero-order valence-corrected chi connectivity index (χ0v) is 22.2. The number of furan rings is 1. The van der Waals surface area contributed by atoms with Gasteiger partial charge >= 0.3 is 0 Å². The predicted molar refractivity (Wildman–Crippen MR) is 143 cm³/mol. The minimum absolute atomic E-state index is 0.0855. The van der Waals surface area contributed by atoms with Crippen LogP contribution in [0, 0.1) is 17.3 Å². The molecule has 1 aliphatic rings. The van der Waals surface area contributed by atoms with E-state index in [1.54, 1.807) is 17.6 Å². The van der Waals surface area contributed by atoms with Crippen molar-refractivity contribution in [3.8, 4) is 5.75 Å². The van der Waals surface area contributed by atoms with Crippen LogP contribution in [-0.2, 0) is 19.4 Å². The lowest BCUT2D eigenvalue weighted by Gasteiger charge is -2.33. The number of hydrogen-bond donors (Lipinski definition) is 1. The van der Waals surface area contributed by atoms with Gasteiger partial charge in [0.05, 0.1) is 25.0 Å². The first-order valence-electron chi connectivity index (χ1n) is 12.4. The highest BCUT2D eigenvalue weighted by atomic mass is 32.1. The molecule has 1 aromatic carbocycles. The fourth-order valence-corrected chi connectivity index (χ4v) is 5.62. The van der Waals surface area contributed by atoms with E-state index >= 15 is 0 Å². The molecule has 1 aliphatic carbocycles. The number of ether oxygens (including phenoxy) is 1. The summed E-state index contributed by atoms with van der Waals surface area (Å²) in [5.41, 5.74) is 3.10. The maximum absolute atomic E-state index is 13.3. The number of hydrogen-bond acceptors (Lipinski definition) is 5. The molecule has 3 aromatic rings. The normalized spacial score (nSPS) is 16.0. The molecule has 0 aliphatic heterocycles. The number of benzene rings is 1. The minimum Gasteiger partial charge on any atom is -0.493 e. The van der Waals surface area contributed by atoms with E-state index in [9.17, 15) is 4.79 Å². The largest absolute Gasteiger partial charge is 0.493 e. The Labute approximate surface area is 212 Å². The summed E-state index contributed by atoms with van der Waals surface area (Å²) in [5, 5.41) is 3.81. The Hall–Kier alpha value is -2.86. The second kappa shape index (κ2) is 10.8. The molecule has 2 heterocycles. The lowest BCUT2D eigenvalue weighted by Crippen LogP contribution is -2.28. The molecule has 0 saturated carbocycles.